The van der Waals surface area contributed by atoms with Crippen LogP contribution in [0.4, 0.5) is 4.79 Å². The molecule has 0 aliphatic carbocycles. The molecule has 0 N–H and O–H groups in total. The van der Waals surface area contributed by atoms with Crippen LogP contribution in [0.25, 0.3) is 0 Å². The Kier molecular flexibility index (Phi) is 5.39. The monoisotopic (exact) mass is 356 g/mol. The van der Waals surface area contributed by atoms with Crippen LogP contribution in [0.1, 0.15) is 16.7 Å². The predicted molar refractivity (Wildman–Crippen MR) is 89.9 cm³/mol. The number of carbonyl (C=O) groups excluding carboxylic acids is 1. The number of methoxy groups -OCH3 is 2. The normalized spacial score (nSPS) is 16.1. The van der Waals surface area contributed by atoms with Crippen LogP contribution in [0.3, 0.4) is 0 Å². The van der Waals surface area contributed by atoms with E-state index in [9.17, 15) is 13.2 Å². The molecule has 8 heteroatoms. The number of ether oxygens (including phenoxy) is 2. The Balaban J connectivity index is 2.31. The molecule has 1 amide bonds. The van der Waals surface area contributed by atoms with Crippen molar-refractivity contribution in [1.29, 1.82) is 0 Å². The van der Waals surface area contributed by atoms with Gasteiger partial charge in [0.15, 0.2) is 0 Å². The summed E-state index contributed by atoms with van der Waals surface area (Å²) in [6.45, 7) is 6.61. The first-order chi connectivity index (χ1) is 11.2. The van der Waals surface area contributed by atoms with Gasteiger partial charge in [-0.25, -0.2) is 13.2 Å². The van der Waals surface area contributed by atoms with E-state index in [-0.39, 0.29) is 13.1 Å². The zero-order valence-electron chi connectivity index (χ0n) is 14.7. The molecule has 1 aliphatic heterocycles. The maximum atomic E-state index is 13.0. The van der Waals surface area contributed by atoms with Crippen molar-refractivity contribution in [2.45, 2.75) is 25.7 Å². The highest BCUT2D eigenvalue weighted by atomic mass is 32.2. The summed E-state index contributed by atoms with van der Waals surface area (Å²) in [6.07, 6.45) is -0.431. The fourth-order valence-electron chi connectivity index (χ4n) is 2.98. The lowest BCUT2D eigenvalue weighted by Crippen LogP contribution is -2.50. The molecular formula is C16H24N2O5S. The van der Waals surface area contributed by atoms with Crippen molar-refractivity contribution in [2.24, 2.45) is 0 Å². The van der Waals surface area contributed by atoms with Crippen LogP contribution in [0.15, 0.2) is 11.0 Å². The summed E-state index contributed by atoms with van der Waals surface area (Å²) in [7, 11) is -0.724. The van der Waals surface area contributed by atoms with Gasteiger partial charge in [0.25, 0.3) is 0 Å². The lowest BCUT2D eigenvalue weighted by molar-refractivity contribution is 0.108. The molecule has 1 aromatic carbocycles. The van der Waals surface area contributed by atoms with E-state index in [2.05, 4.69) is 4.74 Å². The number of benzene rings is 1. The van der Waals surface area contributed by atoms with E-state index in [0.29, 0.717) is 29.3 Å². The van der Waals surface area contributed by atoms with Gasteiger partial charge in [-0.05, 0) is 43.5 Å². The van der Waals surface area contributed by atoms with Gasteiger partial charge in [0, 0.05) is 26.2 Å². The van der Waals surface area contributed by atoms with Crippen molar-refractivity contribution in [3.63, 3.8) is 0 Å². The maximum Gasteiger partial charge on any atom is 0.409 e. The summed E-state index contributed by atoms with van der Waals surface area (Å²) in [4.78, 5) is 13.3. The van der Waals surface area contributed by atoms with Gasteiger partial charge in [-0.15, -0.1) is 0 Å². The van der Waals surface area contributed by atoms with Crippen LogP contribution in [0, 0.1) is 20.8 Å². The first-order valence-corrected chi connectivity index (χ1v) is 9.15. The second-order valence-corrected chi connectivity index (χ2v) is 7.74. The molecule has 1 aliphatic rings. The number of nitrogens with zero attached hydrogens (tertiary/aromatic N) is 2. The molecule has 0 atom stereocenters. The van der Waals surface area contributed by atoms with Crippen molar-refractivity contribution in [3.05, 3.63) is 22.8 Å². The van der Waals surface area contributed by atoms with Gasteiger partial charge < -0.3 is 14.4 Å². The second kappa shape index (κ2) is 6.98. The van der Waals surface area contributed by atoms with Gasteiger partial charge >= 0.3 is 6.09 Å². The van der Waals surface area contributed by atoms with Crippen molar-refractivity contribution < 1.29 is 22.7 Å². The van der Waals surface area contributed by atoms with Crippen molar-refractivity contribution in [2.75, 3.05) is 40.4 Å². The Morgan fingerprint density at radius 2 is 1.62 bits per heavy atom. The fourth-order valence-corrected chi connectivity index (χ4v) is 4.77. The van der Waals surface area contributed by atoms with E-state index in [4.69, 9.17) is 4.74 Å². The third-order valence-corrected chi connectivity index (χ3v) is 6.50. The zero-order valence-corrected chi connectivity index (χ0v) is 15.6. The van der Waals surface area contributed by atoms with E-state index in [0.717, 1.165) is 11.1 Å². The number of carbonyl (C=O) groups is 1. The van der Waals surface area contributed by atoms with Crippen LogP contribution in [0.5, 0.6) is 5.75 Å². The average Bonchev–Trinajstić information content (AvgIpc) is 2.57. The Morgan fingerprint density at radius 3 is 2.12 bits per heavy atom. The van der Waals surface area contributed by atoms with Crippen molar-refractivity contribution >= 4 is 16.1 Å². The molecule has 0 saturated carbocycles. The molecule has 1 heterocycles. The number of sulfonamides is 1. The lowest BCUT2D eigenvalue weighted by Gasteiger charge is -2.33. The van der Waals surface area contributed by atoms with E-state index >= 15 is 0 Å². The maximum absolute atomic E-state index is 13.0. The third-order valence-electron chi connectivity index (χ3n) is 4.47. The van der Waals surface area contributed by atoms with Crippen molar-refractivity contribution in [3.8, 4) is 5.75 Å². The number of aryl methyl sites for hydroxylation is 1. The van der Waals surface area contributed by atoms with Crippen LogP contribution < -0.4 is 4.74 Å². The largest absolute Gasteiger partial charge is 0.496 e. The topological polar surface area (TPSA) is 76.2 Å². The minimum absolute atomic E-state index is 0.251. The number of amides is 1. The number of piperazine rings is 1. The van der Waals surface area contributed by atoms with E-state index in [1.165, 1.54) is 16.3 Å². The lowest BCUT2D eigenvalue weighted by atomic mass is 10.1. The van der Waals surface area contributed by atoms with Gasteiger partial charge in [0.1, 0.15) is 5.75 Å². The second-order valence-electron chi connectivity index (χ2n) is 5.84. The molecule has 134 valence electrons. The minimum atomic E-state index is -3.62. The zero-order chi connectivity index (χ0) is 18.1. The fraction of sp³-hybridized carbons (Fsp3) is 0.562. The average molecular weight is 356 g/mol. The highest BCUT2D eigenvalue weighted by Gasteiger charge is 2.32. The van der Waals surface area contributed by atoms with Gasteiger partial charge in [-0.1, -0.05) is 0 Å². The number of rotatable bonds is 3. The standard InChI is InChI=1S/C16H24N2O5S/c1-11-10-14(12(2)13(3)15(11)22-4)24(20,21)18-8-6-17(7-9-18)16(19)23-5/h10H,6-9H2,1-5H3. The van der Waals surface area contributed by atoms with E-state index in [1.54, 1.807) is 20.1 Å². The quantitative estimate of drug-likeness (QED) is 0.824. The Bertz CT molecular complexity index is 737. The number of hydrogen-bond acceptors (Lipinski definition) is 5. The minimum Gasteiger partial charge on any atom is -0.496 e. The smallest absolute Gasteiger partial charge is 0.409 e. The first-order valence-electron chi connectivity index (χ1n) is 7.71. The highest BCUT2D eigenvalue weighted by Crippen LogP contribution is 2.32. The molecule has 7 nitrogen and oxygen atoms in total. The van der Waals surface area contributed by atoms with Gasteiger partial charge in [0.05, 0.1) is 19.1 Å². The first kappa shape index (κ1) is 18.5. The molecular weight excluding hydrogens is 332 g/mol. The molecule has 1 saturated heterocycles. The van der Waals surface area contributed by atoms with Crippen LogP contribution in [0.2, 0.25) is 0 Å². The molecule has 0 spiro atoms. The van der Waals surface area contributed by atoms with Crippen LogP contribution in [-0.2, 0) is 14.8 Å². The molecule has 1 fully saturated rings. The molecule has 0 bridgehead atoms. The predicted octanol–water partition coefficient (Wildman–Crippen LogP) is 1.69. The molecule has 2 rings (SSSR count). The third kappa shape index (κ3) is 3.21. The molecule has 0 radical (unpaired) electrons. The summed E-state index contributed by atoms with van der Waals surface area (Å²) < 4.78 is 37.5. The Morgan fingerprint density at radius 1 is 1.04 bits per heavy atom. The van der Waals surface area contributed by atoms with E-state index < -0.39 is 16.1 Å². The molecule has 24 heavy (non-hydrogen) atoms. The van der Waals surface area contributed by atoms with Crippen molar-refractivity contribution in [1.82, 2.24) is 9.21 Å². The van der Waals surface area contributed by atoms with E-state index in [1.807, 2.05) is 13.8 Å². The van der Waals surface area contributed by atoms with Crippen LogP contribution >= 0.6 is 0 Å². The highest BCUT2D eigenvalue weighted by molar-refractivity contribution is 7.89. The SMILES string of the molecule is COC(=O)N1CCN(S(=O)(=O)c2cc(C)c(OC)c(C)c2C)CC1. The molecule has 0 unspecified atom stereocenters. The van der Waals surface area contributed by atoms with Crippen LogP contribution in [-0.4, -0.2) is 64.1 Å². The molecule has 0 aromatic heterocycles. The summed E-state index contributed by atoms with van der Waals surface area (Å²) in [5.74, 6) is 0.710. The van der Waals surface area contributed by atoms with Gasteiger partial charge in [-0.3, -0.25) is 0 Å². The molecule has 1 aromatic rings. The Labute approximate surface area is 143 Å². The summed E-state index contributed by atoms with van der Waals surface area (Å²) in [6, 6.07) is 1.66. The number of hydrogen-bond donors (Lipinski definition) is 0. The van der Waals surface area contributed by atoms with Gasteiger partial charge in [-0.2, -0.15) is 4.31 Å². The van der Waals surface area contributed by atoms with Gasteiger partial charge in [0.2, 0.25) is 10.0 Å². The summed E-state index contributed by atoms with van der Waals surface area (Å²) in [5, 5.41) is 0. The summed E-state index contributed by atoms with van der Waals surface area (Å²) >= 11 is 0. The summed E-state index contributed by atoms with van der Waals surface area (Å²) in [5.41, 5.74) is 2.30. The Hall–Kier alpha value is -1.80.